The monoisotopic (exact) mass is 398 g/mol. The maximum Gasteiger partial charge on any atom is 0.327 e. The Morgan fingerprint density at radius 1 is 1.14 bits per heavy atom. The molecule has 0 bridgehead atoms. The highest BCUT2D eigenvalue weighted by Gasteiger charge is 2.25. The molecule has 0 aliphatic heterocycles. The van der Waals surface area contributed by atoms with Gasteiger partial charge in [0.05, 0.1) is 19.3 Å². The Bertz CT molecular complexity index is 831. The quantitative estimate of drug-likeness (QED) is 0.379. The van der Waals surface area contributed by atoms with E-state index in [9.17, 15) is 9.59 Å². The van der Waals surface area contributed by atoms with Crippen LogP contribution in [0.2, 0.25) is 0 Å². The van der Waals surface area contributed by atoms with Gasteiger partial charge in [0, 0.05) is 10.6 Å². The van der Waals surface area contributed by atoms with Crippen molar-refractivity contribution < 1.29 is 14.3 Å². The topological polar surface area (TPSA) is 67.4 Å². The summed E-state index contributed by atoms with van der Waals surface area (Å²) in [6, 6.07) is 12.7. The maximum absolute atomic E-state index is 12.5. The van der Waals surface area contributed by atoms with Crippen LogP contribution in [-0.4, -0.2) is 31.3 Å². The largest absolute Gasteiger partial charge is 0.468 e. The van der Waals surface area contributed by atoms with Crippen LogP contribution in [-0.2, 0) is 14.3 Å². The third-order valence-electron chi connectivity index (χ3n) is 4.25. The third kappa shape index (κ3) is 5.71. The Morgan fingerprint density at radius 3 is 2.46 bits per heavy atom. The summed E-state index contributed by atoms with van der Waals surface area (Å²) in [5.41, 5.74) is 3.51. The Labute approximate surface area is 170 Å². The molecule has 0 aromatic heterocycles. The van der Waals surface area contributed by atoms with Crippen LogP contribution in [0.3, 0.4) is 0 Å². The van der Waals surface area contributed by atoms with Crippen molar-refractivity contribution in [2.24, 2.45) is 0 Å². The number of nitrogens with one attached hydrogen (secondary N) is 2. The van der Waals surface area contributed by atoms with E-state index >= 15 is 0 Å². The zero-order valence-electron chi connectivity index (χ0n) is 16.5. The fourth-order valence-electron chi connectivity index (χ4n) is 2.94. The number of esters is 1. The molecule has 2 rings (SSSR count). The van der Waals surface area contributed by atoms with E-state index in [0.717, 1.165) is 33.0 Å². The SMILES string of the molecule is C=CCSc1ccccc1NC(=O)CN[C@H](C(=O)OC)c1c(C)cccc1C. The number of hydrogen-bond donors (Lipinski definition) is 2. The minimum Gasteiger partial charge on any atom is -0.468 e. The van der Waals surface area contributed by atoms with Crippen molar-refractivity contribution in [1.29, 1.82) is 0 Å². The molecule has 0 heterocycles. The lowest BCUT2D eigenvalue weighted by Crippen LogP contribution is -2.36. The summed E-state index contributed by atoms with van der Waals surface area (Å²) in [5, 5.41) is 5.95. The Kier molecular flexibility index (Phi) is 8.29. The number of ether oxygens (including phenoxy) is 1. The molecule has 0 saturated heterocycles. The molecule has 0 spiro atoms. The first-order chi connectivity index (χ1) is 13.5. The van der Waals surface area contributed by atoms with E-state index < -0.39 is 12.0 Å². The van der Waals surface area contributed by atoms with Crippen molar-refractivity contribution >= 4 is 29.3 Å². The maximum atomic E-state index is 12.5. The van der Waals surface area contributed by atoms with Crippen LogP contribution in [0.5, 0.6) is 0 Å². The second kappa shape index (κ2) is 10.7. The van der Waals surface area contributed by atoms with Gasteiger partial charge < -0.3 is 10.1 Å². The van der Waals surface area contributed by atoms with E-state index in [1.165, 1.54) is 7.11 Å². The number of carbonyl (C=O) groups is 2. The predicted molar refractivity (Wildman–Crippen MR) is 115 cm³/mol. The number of hydrogen-bond acceptors (Lipinski definition) is 5. The summed E-state index contributed by atoms with van der Waals surface area (Å²) in [7, 11) is 1.35. The lowest BCUT2D eigenvalue weighted by molar-refractivity contribution is -0.143. The zero-order valence-corrected chi connectivity index (χ0v) is 17.3. The molecule has 28 heavy (non-hydrogen) atoms. The van der Waals surface area contributed by atoms with Crippen molar-refractivity contribution in [3.8, 4) is 0 Å². The molecule has 2 N–H and O–H groups in total. The van der Waals surface area contributed by atoms with Gasteiger partial charge in [-0.1, -0.05) is 36.4 Å². The molecule has 0 saturated carbocycles. The van der Waals surface area contributed by atoms with Gasteiger partial charge in [0.15, 0.2) is 0 Å². The molecule has 148 valence electrons. The number of anilines is 1. The standard InChI is InChI=1S/C22H26N2O3S/c1-5-13-28-18-12-7-6-11-17(18)24-19(25)14-23-21(22(26)27-4)20-15(2)9-8-10-16(20)3/h5-12,21,23H,1,13-14H2,2-4H3,(H,24,25)/t21-/m0/s1. The minimum atomic E-state index is -0.706. The highest BCUT2D eigenvalue weighted by molar-refractivity contribution is 7.99. The molecule has 1 atom stereocenters. The number of aryl methyl sites for hydroxylation is 2. The van der Waals surface area contributed by atoms with Crippen molar-refractivity contribution in [2.75, 3.05) is 24.7 Å². The van der Waals surface area contributed by atoms with E-state index in [-0.39, 0.29) is 12.5 Å². The van der Waals surface area contributed by atoms with Crippen molar-refractivity contribution in [3.05, 3.63) is 71.8 Å². The number of carbonyl (C=O) groups excluding carboxylic acids is 2. The lowest BCUT2D eigenvalue weighted by Gasteiger charge is -2.21. The normalized spacial score (nSPS) is 11.5. The number of para-hydroxylation sites is 1. The first-order valence-corrected chi connectivity index (χ1v) is 9.96. The van der Waals surface area contributed by atoms with E-state index in [2.05, 4.69) is 17.2 Å². The van der Waals surface area contributed by atoms with Gasteiger partial charge in [0.1, 0.15) is 6.04 Å². The molecular formula is C22H26N2O3S. The van der Waals surface area contributed by atoms with Crippen LogP contribution < -0.4 is 10.6 Å². The number of thioether (sulfide) groups is 1. The fourth-order valence-corrected chi connectivity index (χ4v) is 3.68. The van der Waals surface area contributed by atoms with Crippen LogP contribution in [0.15, 0.2) is 60.0 Å². The average molecular weight is 399 g/mol. The minimum absolute atomic E-state index is 0.0198. The second-order valence-electron chi connectivity index (χ2n) is 6.29. The van der Waals surface area contributed by atoms with Crippen LogP contribution >= 0.6 is 11.8 Å². The zero-order chi connectivity index (χ0) is 20.5. The van der Waals surface area contributed by atoms with Gasteiger partial charge >= 0.3 is 5.97 Å². The third-order valence-corrected chi connectivity index (χ3v) is 5.32. The summed E-state index contributed by atoms with van der Waals surface area (Å²) in [4.78, 5) is 25.8. The second-order valence-corrected chi connectivity index (χ2v) is 7.35. The Morgan fingerprint density at radius 2 is 1.82 bits per heavy atom. The van der Waals surface area contributed by atoms with Crippen LogP contribution in [0, 0.1) is 13.8 Å². The molecule has 1 amide bonds. The smallest absolute Gasteiger partial charge is 0.327 e. The number of amides is 1. The summed E-state index contributed by atoms with van der Waals surface area (Å²) in [6.45, 7) is 7.58. The number of methoxy groups -OCH3 is 1. The van der Waals surface area contributed by atoms with Gasteiger partial charge in [-0.3, -0.25) is 10.1 Å². The van der Waals surface area contributed by atoms with Gasteiger partial charge in [0.2, 0.25) is 5.91 Å². The van der Waals surface area contributed by atoms with Crippen molar-refractivity contribution in [3.63, 3.8) is 0 Å². The van der Waals surface area contributed by atoms with E-state index in [1.54, 1.807) is 11.8 Å². The Hall–Kier alpha value is -2.57. The van der Waals surface area contributed by atoms with Crippen molar-refractivity contribution in [1.82, 2.24) is 5.32 Å². The molecule has 0 radical (unpaired) electrons. The predicted octanol–water partition coefficient (Wildman–Crippen LogP) is 4.02. The fraction of sp³-hybridized carbons (Fsp3) is 0.273. The Balaban J connectivity index is 2.11. The summed E-state index contributed by atoms with van der Waals surface area (Å²) < 4.78 is 4.94. The number of rotatable bonds is 9. The molecule has 0 aliphatic rings. The van der Waals surface area contributed by atoms with E-state index in [1.807, 2.05) is 62.4 Å². The van der Waals surface area contributed by atoms with Crippen LogP contribution in [0.4, 0.5) is 5.69 Å². The van der Waals surface area contributed by atoms with Gasteiger partial charge in [-0.2, -0.15) is 0 Å². The molecule has 0 unspecified atom stereocenters. The molecule has 0 fully saturated rings. The van der Waals surface area contributed by atoms with E-state index in [0.29, 0.717) is 0 Å². The number of benzene rings is 2. The van der Waals surface area contributed by atoms with Gasteiger partial charge in [-0.15, -0.1) is 18.3 Å². The summed E-state index contributed by atoms with van der Waals surface area (Å²) in [6.07, 6.45) is 1.82. The first-order valence-electron chi connectivity index (χ1n) is 8.97. The van der Waals surface area contributed by atoms with Gasteiger partial charge in [-0.05, 0) is 42.7 Å². The molecule has 2 aromatic rings. The molecule has 5 nitrogen and oxygen atoms in total. The first kappa shape index (κ1) is 21.7. The van der Waals surface area contributed by atoms with Gasteiger partial charge in [-0.25, -0.2) is 4.79 Å². The summed E-state index contributed by atoms with van der Waals surface area (Å²) >= 11 is 1.60. The average Bonchev–Trinajstić information content (AvgIpc) is 2.69. The lowest BCUT2D eigenvalue weighted by atomic mass is 9.96. The highest BCUT2D eigenvalue weighted by atomic mass is 32.2. The molecule has 0 aliphatic carbocycles. The van der Waals surface area contributed by atoms with Crippen LogP contribution in [0.1, 0.15) is 22.7 Å². The van der Waals surface area contributed by atoms with Gasteiger partial charge in [0.25, 0.3) is 0 Å². The molecule has 2 aromatic carbocycles. The summed E-state index contributed by atoms with van der Waals surface area (Å²) in [5.74, 6) is 0.0983. The van der Waals surface area contributed by atoms with E-state index in [4.69, 9.17) is 4.74 Å². The molecular weight excluding hydrogens is 372 g/mol. The highest BCUT2D eigenvalue weighted by Crippen LogP contribution is 2.27. The van der Waals surface area contributed by atoms with Crippen LogP contribution in [0.25, 0.3) is 0 Å². The van der Waals surface area contributed by atoms with Crippen molar-refractivity contribution in [2.45, 2.75) is 24.8 Å². The molecule has 6 heteroatoms.